The number of ether oxygens (including phenoxy) is 1. The number of nitrogens with zero attached hydrogens (tertiary/aromatic N) is 2. The molecule has 8 nitrogen and oxygen atoms in total. The predicted octanol–water partition coefficient (Wildman–Crippen LogP) is 0.857. The van der Waals surface area contributed by atoms with Gasteiger partial charge in [-0.3, -0.25) is 19.2 Å². The predicted molar refractivity (Wildman–Crippen MR) is 103 cm³/mol. The second-order valence-corrected chi connectivity index (χ2v) is 9.11. The highest BCUT2D eigenvalue weighted by Crippen LogP contribution is 2.21. The van der Waals surface area contributed by atoms with E-state index in [0.717, 1.165) is 18.2 Å². The maximum atomic E-state index is 12.4. The molecule has 1 aromatic rings. The summed E-state index contributed by atoms with van der Waals surface area (Å²) in [6.07, 6.45) is 2.02. The SMILES string of the molecule is CC(C)Cc1ccc(N(C[C@@H](C(=O)NO)N2CCOCC2)S(C)(=O)=O)cc1. The number of amides is 1. The van der Waals surface area contributed by atoms with Gasteiger partial charge >= 0.3 is 0 Å². The molecule has 1 atom stereocenters. The van der Waals surface area contributed by atoms with Gasteiger partial charge in [-0.1, -0.05) is 26.0 Å². The second-order valence-electron chi connectivity index (χ2n) is 7.20. The van der Waals surface area contributed by atoms with Gasteiger partial charge in [0.15, 0.2) is 0 Å². The maximum absolute atomic E-state index is 12.4. The van der Waals surface area contributed by atoms with Crippen LogP contribution in [0.2, 0.25) is 0 Å². The standard InChI is InChI=1S/C18H29N3O5S/c1-14(2)12-15-4-6-16(7-5-15)21(27(3,24)25)13-17(18(22)19-23)20-8-10-26-11-9-20/h4-7,14,17,23H,8-13H2,1-3H3,(H,19,22)/t17-/m0/s1. The lowest BCUT2D eigenvalue weighted by Crippen LogP contribution is -2.56. The molecule has 27 heavy (non-hydrogen) atoms. The molecule has 9 heteroatoms. The number of hydroxylamine groups is 1. The normalized spacial score (nSPS) is 16.9. The fraction of sp³-hybridized carbons (Fsp3) is 0.611. The van der Waals surface area contributed by atoms with Gasteiger partial charge in [0.2, 0.25) is 10.0 Å². The number of carbonyl (C=O) groups excluding carboxylic acids is 1. The number of sulfonamides is 1. The highest BCUT2D eigenvalue weighted by Gasteiger charge is 2.32. The highest BCUT2D eigenvalue weighted by molar-refractivity contribution is 7.92. The summed E-state index contributed by atoms with van der Waals surface area (Å²) in [6.45, 7) is 6.05. The van der Waals surface area contributed by atoms with Crippen molar-refractivity contribution in [2.75, 3.05) is 43.4 Å². The van der Waals surface area contributed by atoms with Crippen LogP contribution in [0.1, 0.15) is 19.4 Å². The average molecular weight is 400 g/mol. The van der Waals surface area contributed by atoms with E-state index in [9.17, 15) is 13.2 Å². The molecular formula is C18H29N3O5S. The summed E-state index contributed by atoms with van der Waals surface area (Å²) in [5.74, 6) is -0.136. The zero-order valence-electron chi connectivity index (χ0n) is 16.1. The van der Waals surface area contributed by atoms with Crippen LogP contribution in [-0.2, 0) is 26.0 Å². The van der Waals surface area contributed by atoms with E-state index in [1.807, 2.05) is 17.0 Å². The lowest BCUT2D eigenvalue weighted by molar-refractivity contribution is -0.136. The molecule has 0 bridgehead atoms. The molecule has 1 aliphatic heterocycles. The third-order valence-electron chi connectivity index (χ3n) is 4.51. The summed E-state index contributed by atoms with van der Waals surface area (Å²) in [5.41, 5.74) is 3.28. The van der Waals surface area contributed by atoms with E-state index in [4.69, 9.17) is 9.94 Å². The summed E-state index contributed by atoms with van der Waals surface area (Å²) in [7, 11) is -3.62. The van der Waals surface area contributed by atoms with Crippen molar-refractivity contribution in [3.05, 3.63) is 29.8 Å². The first-order chi connectivity index (χ1) is 12.7. The largest absolute Gasteiger partial charge is 0.379 e. The molecule has 0 unspecified atom stereocenters. The van der Waals surface area contributed by atoms with E-state index in [2.05, 4.69) is 13.8 Å². The number of rotatable bonds is 8. The number of morpholine rings is 1. The first kappa shape index (κ1) is 21.6. The van der Waals surface area contributed by atoms with Gasteiger partial charge in [0.1, 0.15) is 6.04 Å². The van der Waals surface area contributed by atoms with Crippen LogP contribution in [0.3, 0.4) is 0 Å². The zero-order chi connectivity index (χ0) is 20.0. The molecule has 0 aliphatic carbocycles. The third kappa shape index (κ3) is 6.17. The molecule has 1 aliphatic rings. The van der Waals surface area contributed by atoms with E-state index >= 15 is 0 Å². The van der Waals surface area contributed by atoms with Gasteiger partial charge in [-0.05, 0) is 30.0 Å². The fourth-order valence-electron chi connectivity index (χ4n) is 3.19. The Kier molecular flexibility index (Phi) is 7.60. The highest BCUT2D eigenvalue weighted by atomic mass is 32.2. The minimum absolute atomic E-state index is 0.0885. The lowest BCUT2D eigenvalue weighted by atomic mass is 10.0. The van der Waals surface area contributed by atoms with Gasteiger partial charge in [0.25, 0.3) is 5.91 Å². The van der Waals surface area contributed by atoms with Crippen molar-refractivity contribution in [2.45, 2.75) is 26.3 Å². The molecule has 0 aromatic heterocycles. The Morgan fingerprint density at radius 2 is 1.85 bits per heavy atom. The Bertz CT molecular complexity index is 715. The Morgan fingerprint density at radius 1 is 1.26 bits per heavy atom. The molecule has 152 valence electrons. The molecule has 2 rings (SSSR count). The van der Waals surface area contributed by atoms with Gasteiger partial charge in [-0.15, -0.1) is 0 Å². The zero-order valence-corrected chi connectivity index (χ0v) is 16.9. The van der Waals surface area contributed by atoms with E-state index < -0.39 is 22.0 Å². The molecule has 1 saturated heterocycles. The Balaban J connectivity index is 2.27. The van der Waals surface area contributed by atoms with Crippen LogP contribution in [-0.4, -0.2) is 69.6 Å². The number of benzene rings is 1. The van der Waals surface area contributed by atoms with Crippen molar-refractivity contribution < 1.29 is 23.2 Å². The Hall–Kier alpha value is -1.68. The van der Waals surface area contributed by atoms with E-state index in [1.54, 1.807) is 17.6 Å². The van der Waals surface area contributed by atoms with Crippen molar-refractivity contribution in [3.8, 4) is 0 Å². The number of nitrogens with one attached hydrogen (secondary N) is 1. The quantitative estimate of drug-likeness (QED) is 0.497. The topological polar surface area (TPSA) is 99.2 Å². The van der Waals surface area contributed by atoms with Crippen LogP contribution in [0.25, 0.3) is 0 Å². The number of hydrogen-bond acceptors (Lipinski definition) is 6. The van der Waals surface area contributed by atoms with Crippen LogP contribution >= 0.6 is 0 Å². The summed E-state index contributed by atoms with van der Waals surface area (Å²) in [6, 6.07) is 6.51. The van der Waals surface area contributed by atoms with Crippen molar-refractivity contribution >= 4 is 21.6 Å². The van der Waals surface area contributed by atoms with E-state index in [-0.39, 0.29) is 6.54 Å². The molecule has 2 N–H and O–H groups in total. The van der Waals surface area contributed by atoms with Crippen LogP contribution in [0.4, 0.5) is 5.69 Å². The van der Waals surface area contributed by atoms with Gasteiger partial charge in [0, 0.05) is 13.1 Å². The molecule has 1 aromatic carbocycles. The molecule has 1 amide bonds. The summed E-state index contributed by atoms with van der Waals surface area (Å²) in [5, 5.41) is 9.12. The monoisotopic (exact) mass is 399 g/mol. The Labute approximate surface area is 161 Å². The molecule has 0 radical (unpaired) electrons. The second kappa shape index (κ2) is 9.50. The maximum Gasteiger partial charge on any atom is 0.262 e. The van der Waals surface area contributed by atoms with Gasteiger partial charge < -0.3 is 4.74 Å². The smallest absolute Gasteiger partial charge is 0.262 e. The lowest BCUT2D eigenvalue weighted by Gasteiger charge is -2.36. The van der Waals surface area contributed by atoms with Crippen LogP contribution in [0, 0.1) is 5.92 Å². The third-order valence-corrected chi connectivity index (χ3v) is 5.67. The molecule has 0 saturated carbocycles. The van der Waals surface area contributed by atoms with Gasteiger partial charge in [-0.2, -0.15) is 0 Å². The van der Waals surface area contributed by atoms with Crippen LogP contribution < -0.4 is 9.79 Å². The number of hydrogen-bond donors (Lipinski definition) is 2. The van der Waals surface area contributed by atoms with E-state index in [0.29, 0.717) is 37.9 Å². The van der Waals surface area contributed by atoms with Crippen LogP contribution in [0.15, 0.2) is 24.3 Å². The van der Waals surface area contributed by atoms with Crippen molar-refractivity contribution in [3.63, 3.8) is 0 Å². The first-order valence-electron chi connectivity index (χ1n) is 9.04. The summed E-state index contributed by atoms with van der Waals surface area (Å²) < 4.78 is 31.3. The van der Waals surface area contributed by atoms with Crippen molar-refractivity contribution in [1.82, 2.24) is 10.4 Å². The number of anilines is 1. The van der Waals surface area contributed by atoms with Crippen LogP contribution in [0.5, 0.6) is 0 Å². The average Bonchev–Trinajstić information content (AvgIpc) is 2.62. The van der Waals surface area contributed by atoms with Gasteiger partial charge in [-0.25, -0.2) is 13.9 Å². The molecule has 0 spiro atoms. The summed E-state index contributed by atoms with van der Waals surface area (Å²) in [4.78, 5) is 14.0. The first-order valence-corrected chi connectivity index (χ1v) is 10.9. The number of carbonyl (C=O) groups is 1. The fourth-order valence-corrected chi connectivity index (χ4v) is 4.10. The Morgan fingerprint density at radius 3 is 2.33 bits per heavy atom. The summed E-state index contributed by atoms with van der Waals surface area (Å²) >= 11 is 0. The molecule has 1 fully saturated rings. The van der Waals surface area contributed by atoms with E-state index in [1.165, 1.54) is 4.31 Å². The van der Waals surface area contributed by atoms with Gasteiger partial charge in [0.05, 0.1) is 31.7 Å². The minimum atomic E-state index is -3.62. The van der Waals surface area contributed by atoms with Crippen molar-refractivity contribution in [1.29, 1.82) is 0 Å². The van der Waals surface area contributed by atoms with Crippen molar-refractivity contribution in [2.24, 2.45) is 5.92 Å². The molecular weight excluding hydrogens is 370 g/mol. The molecule has 1 heterocycles. The minimum Gasteiger partial charge on any atom is -0.379 e.